The largest absolute Gasteiger partial charge is 0.366 e. The van der Waals surface area contributed by atoms with Crippen molar-refractivity contribution in [2.45, 2.75) is 12.8 Å². The highest BCUT2D eigenvalue weighted by molar-refractivity contribution is 6.04. The third-order valence-corrected chi connectivity index (χ3v) is 4.42. The van der Waals surface area contributed by atoms with Crippen molar-refractivity contribution in [1.29, 1.82) is 0 Å². The van der Waals surface area contributed by atoms with E-state index in [1.54, 1.807) is 34.9 Å². The van der Waals surface area contributed by atoms with Crippen molar-refractivity contribution >= 4 is 28.9 Å². The zero-order valence-corrected chi connectivity index (χ0v) is 13.8. The van der Waals surface area contributed by atoms with Gasteiger partial charge in [-0.2, -0.15) is 0 Å². The molecular weight excluding hydrogens is 336 g/mol. The average Bonchev–Trinajstić information content (AvgIpc) is 3.32. The van der Waals surface area contributed by atoms with E-state index >= 15 is 0 Å². The van der Waals surface area contributed by atoms with Crippen LogP contribution in [-0.4, -0.2) is 38.5 Å². The number of anilines is 2. The summed E-state index contributed by atoms with van der Waals surface area (Å²) < 4.78 is 1.63. The molecule has 1 fully saturated rings. The topological polar surface area (TPSA) is 106 Å². The number of nitro benzene ring substituents is 1. The Hall–Kier alpha value is -3.49. The molecule has 0 aliphatic carbocycles. The lowest BCUT2D eigenvalue weighted by molar-refractivity contribution is -0.384. The fourth-order valence-electron chi connectivity index (χ4n) is 3.14. The predicted octanol–water partition coefficient (Wildman–Crippen LogP) is 2.49. The maximum absolute atomic E-state index is 12.5. The molecule has 0 atom stereocenters. The van der Waals surface area contributed by atoms with Gasteiger partial charge in [-0.3, -0.25) is 24.6 Å². The standard InChI is InChI=1S/C17H16N6O3/c24-16(18-17-20-19-15-5-1-2-10-22(15)17)12-6-7-13(14(11-12)23(25)26)21-8-3-4-9-21/h1-2,5-7,10-11H,3-4,8-9H2,(H,18,20,24). The normalized spacial score (nSPS) is 13.9. The molecule has 1 saturated heterocycles. The number of hydrogen-bond donors (Lipinski definition) is 1. The van der Waals surface area contributed by atoms with Gasteiger partial charge in [0.1, 0.15) is 5.69 Å². The fourth-order valence-corrected chi connectivity index (χ4v) is 3.14. The second-order valence-corrected chi connectivity index (χ2v) is 6.06. The summed E-state index contributed by atoms with van der Waals surface area (Å²) in [6.45, 7) is 1.58. The molecule has 3 aromatic rings. The van der Waals surface area contributed by atoms with Crippen LogP contribution in [0.15, 0.2) is 42.6 Å². The van der Waals surface area contributed by atoms with E-state index in [2.05, 4.69) is 15.5 Å². The summed E-state index contributed by atoms with van der Waals surface area (Å²) in [7, 11) is 0. The van der Waals surface area contributed by atoms with Crippen LogP contribution in [0.2, 0.25) is 0 Å². The quantitative estimate of drug-likeness (QED) is 0.571. The molecule has 4 rings (SSSR count). The highest BCUT2D eigenvalue weighted by Gasteiger charge is 2.24. The molecule has 9 nitrogen and oxygen atoms in total. The fraction of sp³-hybridized carbons (Fsp3) is 0.235. The van der Waals surface area contributed by atoms with Crippen LogP contribution in [-0.2, 0) is 0 Å². The maximum atomic E-state index is 12.5. The molecule has 132 valence electrons. The van der Waals surface area contributed by atoms with Crippen molar-refractivity contribution in [3.8, 4) is 0 Å². The van der Waals surface area contributed by atoms with Gasteiger partial charge in [0, 0.05) is 30.9 Å². The number of benzene rings is 1. The Kier molecular flexibility index (Phi) is 3.96. The summed E-state index contributed by atoms with van der Waals surface area (Å²) in [5.41, 5.74) is 1.29. The van der Waals surface area contributed by atoms with Gasteiger partial charge in [0.15, 0.2) is 5.65 Å². The van der Waals surface area contributed by atoms with Gasteiger partial charge >= 0.3 is 0 Å². The number of carbonyl (C=O) groups excluding carboxylic acids is 1. The monoisotopic (exact) mass is 352 g/mol. The second kappa shape index (κ2) is 6.43. The Morgan fingerprint density at radius 3 is 2.73 bits per heavy atom. The number of amides is 1. The van der Waals surface area contributed by atoms with Crippen molar-refractivity contribution in [3.05, 3.63) is 58.3 Å². The minimum Gasteiger partial charge on any atom is -0.366 e. The van der Waals surface area contributed by atoms with Crippen molar-refractivity contribution in [3.63, 3.8) is 0 Å². The van der Waals surface area contributed by atoms with Gasteiger partial charge in [-0.1, -0.05) is 6.07 Å². The molecule has 1 aliphatic heterocycles. The molecule has 0 radical (unpaired) electrons. The first kappa shape index (κ1) is 16.0. The number of nitrogens with one attached hydrogen (secondary N) is 1. The van der Waals surface area contributed by atoms with Gasteiger partial charge < -0.3 is 4.90 Å². The summed E-state index contributed by atoms with van der Waals surface area (Å²) >= 11 is 0. The number of nitro groups is 1. The van der Waals surface area contributed by atoms with Gasteiger partial charge in [-0.25, -0.2) is 0 Å². The number of nitrogens with zero attached hydrogens (tertiary/aromatic N) is 5. The number of aromatic nitrogens is 3. The van der Waals surface area contributed by atoms with E-state index in [1.807, 2.05) is 11.0 Å². The average molecular weight is 352 g/mol. The zero-order valence-electron chi connectivity index (χ0n) is 13.8. The van der Waals surface area contributed by atoms with Crippen molar-refractivity contribution in [2.24, 2.45) is 0 Å². The number of hydrogen-bond acceptors (Lipinski definition) is 6. The minimum atomic E-state index is -0.473. The molecule has 0 bridgehead atoms. The predicted molar refractivity (Wildman–Crippen MR) is 95.5 cm³/mol. The van der Waals surface area contributed by atoms with Crippen LogP contribution in [0, 0.1) is 10.1 Å². The van der Waals surface area contributed by atoms with E-state index in [9.17, 15) is 14.9 Å². The van der Waals surface area contributed by atoms with Crippen LogP contribution in [0.5, 0.6) is 0 Å². The zero-order chi connectivity index (χ0) is 18.1. The molecule has 2 aromatic heterocycles. The van der Waals surface area contributed by atoms with Gasteiger partial charge in [0.2, 0.25) is 5.95 Å². The Morgan fingerprint density at radius 1 is 1.15 bits per heavy atom. The number of fused-ring (bicyclic) bond motifs is 1. The highest BCUT2D eigenvalue weighted by atomic mass is 16.6. The number of rotatable bonds is 4. The Balaban J connectivity index is 1.63. The summed E-state index contributed by atoms with van der Waals surface area (Å²) in [4.78, 5) is 25.5. The van der Waals surface area contributed by atoms with E-state index in [0.717, 1.165) is 25.9 Å². The molecule has 3 heterocycles. The van der Waals surface area contributed by atoms with E-state index in [1.165, 1.54) is 6.07 Å². The van der Waals surface area contributed by atoms with Gasteiger partial charge in [-0.15, -0.1) is 10.2 Å². The first-order valence-corrected chi connectivity index (χ1v) is 8.28. The molecule has 26 heavy (non-hydrogen) atoms. The SMILES string of the molecule is O=C(Nc1nnc2ccccn12)c1ccc(N2CCCC2)c([N+](=O)[O-])c1. The van der Waals surface area contributed by atoms with E-state index in [4.69, 9.17) is 0 Å². The number of pyridine rings is 1. The van der Waals surface area contributed by atoms with Crippen LogP contribution in [0.3, 0.4) is 0 Å². The highest BCUT2D eigenvalue weighted by Crippen LogP contribution is 2.31. The molecule has 0 saturated carbocycles. The maximum Gasteiger partial charge on any atom is 0.293 e. The first-order valence-electron chi connectivity index (χ1n) is 8.28. The van der Waals surface area contributed by atoms with Crippen LogP contribution in [0.1, 0.15) is 23.2 Å². The van der Waals surface area contributed by atoms with Crippen LogP contribution >= 0.6 is 0 Å². The molecule has 1 N–H and O–H groups in total. The smallest absolute Gasteiger partial charge is 0.293 e. The Bertz CT molecular complexity index is 993. The van der Waals surface area contributed by atoms with Crippen molar-refractivity contribution in [2.75, 3.05) is 23.3 Å². The van der Waals surface area contributed by atoms with Gasteiger partial charge in [-0.05, 0) is 37.1 Å². The third-order valence-electron chi connectivity index (χ3n) is 4.42. The first-order chi connectivity index (χ1) is 12.6. The third kappa shape index (κ3) is 2.83. The molecule has 9 heteroatoms. The molecule has 1 aromatic carbocycles. The van der Waals surface area contributed by atoms with Crippen molar-refractivity contribution < 1.29 is 9.72 Å². The summed E-state index contributed by atoms with van der Waals surface area (Å²) in [6, 6.07) is 9.92. The minimum absolute atomic E-state index is 0.0642. The summed E-state index contributed by atoms with van der Waals surface area (Å²) in [5, 5.41) is 22.0. The van der Waals surface area contributed by atoms with E-state index in [0.29, 0.717) is 11.3 Å². The lowest BCUT2D eigenvalue weighted by atomic mass is 10.1. The molecule has 1 amide bonds. The molecule has 1 aliphatic rings. The van der Waals surface area contributed by atoms with E-state index in [-0.39, 0.29) is 17.2 Å². The van der Waals surface area contributed by atoms with E-state index < -0.39 is 10.8 Å². The van der Waals surface area contributed by atoms with Gasteiger partial charge in [0.25, 0.3) is 11.6 Å². The van der Waals surface area contributed by atoms with Crippen LogP contribution < -0.4 is 10.2 Å². The molecule has 0 spiro atoms. The molecule has 0 unspecified atom stereocenters. The molecular formula is C17H16N6O3. The van der Waals surface area contributed by atoms with Crippen LogP contribution in [0.25, 0.3) is 5.65 Å². The Labute approximate surface area is 148 Å². The Morgan fingerprint density at radius 2 is 1.96 bits per heavy atom. The van der Waals surface area contributed by atoms with Crippen molar-refractivity contribution in [1.82, 2.24) is 14.6 Å². The summed E-state index contributed by atoms with van der Waals surface area (Å²) in [5.74, 6) is -0.212. The summed E-state index contributed by atoms with van der Waals surface area (Å²) in [6.07, 6.45) is 3.75. The van der Waals surface area contributed by atoms with Crippen LogP contribution in [0.4, 0.5) is 17.3 Å². The lowest BCUT2D eigenvalue weighted by Gasteiger charge is -2.17. The lowest BCUT2D eigenvalue weighted by Crippen LogP contribution is -2.20. The number of carbonyl (C=O) groups is 1. The van der Waals surface area contributed by atoms with Gasteiger partial charge in [0.05, 0.1) is 4.92 Å². The second-order valence-electron chi connectivity index (χ2n) is 6.06.